The lowest BCUT2D eigenvalue weighted by Gasteiger charge is -2.42. The number of ether oxygens (including phenoxy) is 1. The van der Waals surface area contributed by atoms with Crippen LogP contribution in [0.25, 0.3) is 0 Å². The summed E-state index contributed by atoms with van der Waals surface area (Å²) >= 11 is 0. The zero-order valence-electron chi connectivity index (χ0n) is 9.07. The van der Waals surface area contributed by atoms with Crippen LogP contribution >= 0.6 is 0 Å². The highest BCUT2D eigenvalue weighted by atomic mass is 16.5. The Balaban J connectivity index is 1.84. The topological polar surface area (TPSA) is 48.5 Å². The molecule has 1 aliphatic rings. The first-order chi connectivity index (χ1) is 7.24. The smallest absolute Gasteiger partial charge is 0.0579 e. The van der Waals surface area contributed by atoms with Crippen molar-refractivity contribution in [1.29, 1.82) is 0 Å². The fourth-order valence-electron chi connectivity index (χ4n) is 2.02. The Morgan fingerprint density at radius 1 is 1.60 bits per heavy atom. The van der Waals surface area contributed by atoms with Crippen LogP contribution < -0.4 is 0 Å². The number of aliphatic hydroxyl groups is 1. The highest BCUT2D eigenvalue weighted by molar-refractivity contribution is 5.08. The van der Waals surface area contributed by atoms with Crippen molar-refractivity contribution in [1.82, 2.24) is 9.88 Å². The third kappa shape index (κ3) is 2.40. The van der Waals surface area contributed by atoms with E-state index in [1.54, 1.807) is 0 Å². The van der Waals surface area contributed by atoms with E-state index < -0.39 is 0 Å². The van der Waals surface area contributed by atoms with Crippen molar-refractivity contribution >= 4 is 0 Å². The lowest BCUT2D eigenvalue weighted by molar-refractivity contribution is -0.147. The largest absolute Gasteiger partial charge is 0.396 e. The maximum atomic E-state index is 9.30. The summed E-state index contributed by atoms with van der Waals surface area (Å²) in [5.74, 6) is 0. The van der Waals surface area contributed by atoms with E-state index >= 15 is 0 Å². The molecule has 0 bridgehead atoms. The van der Waals surface area contributed by atoms with E-state index in [9.17, 15) is 5.11 Å². The van der Waals surface area contributed by atoms with Crippen LogP contribution in [0.5, 0.6) is 0 Å². The molecule has 4 heteroatoms. The number of nitrogens with one attached hydrogen (secondary N) is 1. The van der Waals surface area contributed by atoms with E-state index in [1.807, 2.05) is 12.4 Å². The van der Waals surface area contributed by atoms with Crippen molar-refractivity contribution in [2.45, 2.75) is 6.54 Å². The molecule has 0 amide bonds. The molecule has 0 radical (unpaired) electrons. The average molecular weight is 210 g/mol. The van der Waals surface area contributed by atoms with Gasteiger partial charge in [0.2, 0.25) is 0 Å². The highest BCUT2D eigenvalue weighted by Crippen LogP contribution is 2.27. The molecule has 0 spiro atoms. The molecular weight excluding hydrogens is 192 g/mol. The van der Waals surface area contributed by atoms with Crippen LogP contribution in [0.15, 0.2) is 18.5 Å². The Morgan fingerprint density at radius 2 is 2.40 bits per heavy atom. The molecule has 0 aromatic carbocycles. The molecule has 1 saturated heterocycles. The zero-order chi connectivity index (χ0) is 10.7. The van der Waals surface area contributed by atoms with Gasteiger partial charge in [-0.1, -0.05) is 0 Å². The summed E-state index contributed by atoms with van der Waals surface area (Å²) in [4.78, 5) is 5.26. The van der Waals surface area contributed by atoms with Crippen LogP contribution in [0, 0.1) is 5.41 Å². The van der Waals surface area contributed by atoms with Gasteiger partial charge in [0.1, 0.15) is 0 Å². The standard InChI is InChI=1S/C11H18N2O2/c1-13(5-10-2-3-12-4-10)6-11(7-14)8-15-9-11/h2-4,12,14H,5-9H2,1H3. The molecule has 0 saturated carbocycles. The van der Waals surface area contributed by atoms with Crippen molar-refractivity contribution in [3.05, 3.63) is 24.0 Å². The molecule has 1 aromatic heterocycles. The van der Waals surface area contributed by atoms with Crippen molar-refractivity contribution in [3.63, 3.8) is 0 Å². The number of rotatable bonds is 5. The lowest BCUT2D eigenvalue weighted by atomic mass is 9.86. The molecule has 1 aromatic rings. The van der Waals surface area contributed by atoms with Crippen LogP contribution in [0.2, 0.25) is 0 Å². The number of nitrogens with zero attached hydrogens (tertiary/aromatic N) is 1. The average Bonchev–Trinajstić information content (AvgIpc) is 2.64. The van der Waals surface area contributed by atoms with E-state index in [0.717, 1.165) is 13.1 Å². The quantitative estimate of drug-likeness (QED) is 0.742. The van der Waals surface area contributed by atoms with E-state index in [0.29, 0.717) is 13.2 Å². The number of hydrogen-bond acceptors (Lipinski definition) is 3. The van der Waals surface area contributed by atoms with Crippen LogP contribution in [-0.2, 0) is 11.3 Å². The summed E-state index contributed by atoms with van der Waals surface area (Å²) in [6.07, 6.45) is 3.93. The van der Waals surface area contributed by atoms with Crippen LogP contribution in [0.3, 0.4) is 0 Å². The molecule has 4 nitrogen and oxygen atoms in total. The van der Waals surface area contributed by atoms with Gasteiger partial charge in [-0.15, -0.1) is 0 Å². The number of H-pyrrole nitrogens is 1. The molecule has 0 atom stereocenters. The fraction of sp³-hybridized carbons (Fsp3) is 0.636. The third-order valence-electron chi connectivity index (χ3n) is 2.87. The second-order valence-corrected chi connectivity index (χ2v) is 4.54. The van der Waals surface area contributed by atoms with Crippen LogP contribution in [-0.4, -0.2) is 48.4 Å². The van der Waals surface area contributed by atoms with Gasteiger partial charge in [-0.3, -0.25) is 0 Å². The van der Waals surface area contributed by atoms with Gasteiger partial charge in [0.25, 0.3) is 0 Å². The lowest BCUT2D eigenvalue weighted by Crippen LogP contribution is -2.52. The Kier molecular flexibility index (Phi) is 3.09. The van der Waals surface area contributed by atoms with Gasteiger partial charge in [-0.2, -0.15) is 0 Å². The van der Waals surface area contributed by atoms with E-state index in [1.165, 1.54) is 5.56 Å². The van der Waals surface area contributed by atoms with Crippen molar-refractivity contribution in [2.24, 2.45) is 5.41 Å². The summed E-state index contributed by atoms with van der Waals surface area (Å²) in [6.45, 7) is 3.37. The van der Waals surface area contributed by atoms with E-state index in [-0.39, 0.29) is 12.0 Å². The van der Waals surface area contributed by atoms with Gasteiger partial charge in [0, 0.05) is 25.5 Å². The van der Waals surface area contributed by atoms with Crippen LogP contribution in [0.1, 0.15) is 5.56 Å². The Morgan fingerprint density at radius 3 is 2.87 bits per heavy atom. The molecule has 2 rings (SSSR count). The van der Waals surface area contributed by atoms with Crippen molar-refractivity contribution in [2.75, 3.05) is 33.4 Å². The Bertz CT molecular complexity index is 288. The first-order valence-electron chi connectivity index (χ1n) is 5.23. The maximum absolute atomic E-state index is 9.30. The first-order valence-corrected chi connectivity index (χ1v) is 5.23. The molecule has 84 valence electrons. The summed E-state index contributed by atoms with van der Waals surface area (Å²) < 4.78 is 5.17. The minimum atomic E-state index is -0.0228. The third-order valence-corrected chi connectivity index (χ3v) is 2.87. The molecule has 15 heavy (non-hydrogen) atoms. The van der Waals surface area contributed by atoms with Gasteiger partial charge >= 0.3 is 0 Å². The Hall–Kier alpha value is -0.840. The predicted molar refractivity (Wildman–Crippen MR) is 57.5 cm³/mol. The second-order valence-electron chi connectivity index (χ2n) is 4.54. The number of aromatic amines is 1. The van der Waals surface area contributed by atoms with Gasteiger partial charge in [-0.25, -0.2) is 0 Å². The summed E-state index contributed by atoms with van der Waals surface area (Å²) in [5, 5.41) is 9.30. The number of hydrogen-bond donors (Lipinski definition) is 2. The fourth-order valence-corrected chi connectivity index (χ4v) is 2.02. The van der Waals surface area contributed by atoms with Gasteiger partial charge in [-0.05, 0) is 18.7 Å². The molecule has 1 fully saturated rings. The van der Waals surface area contributed by atoms with Gasteiger partial charge < -0.3 is 19.7 Å². The second kappa shape index (κ2) is 4.35. The SMILES string of the molecule is CN(Cc1cc[nH]c1)CC1(CO)COC1. The van der Waals surface area contributed by atoms with Gasteiger partial charge in [0.15, 0.2) is 0 Å². The summed E-state index contributed by atoms with van der Waals surface area (Å²) in [5.41, 5.74) is 1.25. The molecule has 1 aliphatic heterocycles. The van der Waals surface area contributed by atoms with E-state index in [2.05, 4.69) is 23.0 Å². The van der Waals surface area contributed by atoms with Crippen molar-refractivity contribution < 1.29 is 9.84 Å². The molecular formula is C11H18N2O2. The normalized spacial score (nSPS) is 19.1. The highest BCUT2D eigenvalue weighted by Gasteiger charge is 2.38. The molecule has 0 aliphatic carbocycles. The summed E-state index contributed by atoms with van der Waals surface area (Å²) in [7, 11) is 2.07. The first kappa shape index (κ1) is 10.7. The molecule has 0 unspecified atom stereocenters. The minimum absolute atomic E-state index is 0.0228. The van der Waals surface area contributed by atoms with Crippen LogP contribution in [0.4, 0.5) is 0 Å². The molecule has 2 heterocycles. The maximum Gasteiger partial charge on any atom is 0.0579 e. The number of aromatic nitrogens is 1. The van der Waals surface area contributed by atoms with Gasteiger partial charge in [0.05, 0.1) is 25.2 Å². The Labute approximate surface area is 89.9 Å². The zero-order valence-corrected chi connectivity index (χ0v) is 9.07. The monoisotopic (exact) mass is 210 g/mol. The summed E-state index contributed by atoms with van der Waals surface area (Å²) in [6, 6.07) is 2.07. The minimum Gasteiger partial charge on any atom is -0.396 e. The van der Waals surface area contributed by atoms with Crippen molar-refractivity contribution in [3.8, 4) is 0 Å². The predicted octanol–water partition coefficient (Wildman–Crippen LogP) is 0.455. The molecule has 2 N–H and O–H groups in total. The van der Waals surface area contributed by atoms with E-state index in [4.69, 9.17) is 4.74 Å². The number of aliphatic hydroxyl groups excluding tert-OH is 1.